The summed E-state index contributed by atoms with van der Waals surface area (Å²) in [6.45, 7) is 2.52. The maximum Gasteiger partial charge on any atom is 0.348 e. The average molecular weight is 479 g/mol. The smallest absolute Gasteiger partial charge is 0.348 e. The Bertz CT molecular complexity index is 1230. The van der Waals surface area contributed by atoms with E-state index in [4.69, 9.17) is 26.8 Å². The van der Waals surface area contributed by atoms with E-state index < -0.39 is 5.97 Å². The fourth-order valence-corrected chi connectivity index (χ4v) is 5.15. The van der Waals surface area contributed by atoms with Crippen molar-refractivity contribution in [3.63, 3.8) is 0 Å². The molecule has 0 aliphatic carbocycles. The molecule has 1 aromatic carbocycles. The van der Waals surface area contributed by atoms with E-state index in [9.17, 15) is 14.9 Å². The van der Waals surface area contributed by atoms with Gasteiger partial charge in [0, 0.05) is 23.4 Å². The number of carbonyl (C=O) groups excluding carboxylic acids is 1. The Hall–Kier alpha value is -2.58. The Balaban J connectivity index is 2.05. The summed E-state index contributed by atoms with van der Waals surface area (Å²) in [5.74, 6) is -0.331. The summed E-state index contributed by atoms with van der Waals surface area (Å²) >= 11 is 8.31. The van der Waals surface area contributed by atoms with Crippen LogP contribution in [-0.2, 0) is 21.8 Å². The van der Waals surface area contributed by atoms with Gasteiger partial charge in [-0.1, -0.05) is 23.4 Å². The molecule has 2 aromatic heterocycles. The van der Waals surface area contributed by atoms with Gasteiger partial charge in [-0.25, -0.2) is 9.78 Å². The van der Waals surface area contributed by atoms with Gasteiger partial charge in [0.1, 0.15) is 15.9 Å². The number of anilines is 1. The quantitative estimate of drug-likeness (QED) is 0.295. The number of fused-ring (bicyclic) bond motifs is 1. The number of hydrogen-bond acceptors (Lipinski definition) is 9. The number of rotatable bonds is 8. The molecule has 31 heavy (non-hydrogen) atoms. The molecule has 11 heteroatoms. The highest BCUT2D eigenvalue weighted by Gasteiger charge is 2.23. The second-order valence-electron chi connectivity index (χ2n) is 6.28. The summed E-state index contributed by atoms with van der Waals surface area (Å²) in [6, 6.07) is 6.95. The Kier molecular flexibility index (Phi) is 7.56. The SMILES string of the molecule is CCOC(=O)c1sc(N)c(C#N)c1CSc1nc2cc(Cl)ccc2c(=O)n1CCOC. The standard InChI is InChI=1S/C20H19ClN4O4S2/c1-3-29-19(27)16-14(13(9-22)17(23)31-16)10-30-20-24-15-8-11(21)4-5-12(15)18(26)25(20)6-7-28-2/h4-5,8H,3,6-7,10,23H2,1-2H3. The minimum absolute atomic E-state index is 0.203. The zero-order valence-electron chi connectivity index (χ0n) is 16.8. The summed E-state index contributed by atoms with van der Waals surface area (Å²) in [6.07, 6.45) is 0. The van der Waals surface area contributed by atoms with Gasteiger partial charge in [0.15, 0.2) is 5.16 Å². The molecule has 0 saturated carbocycles. The highest BCUT2D eigenvalue weighted by atomic mass is 35.5. The van der Waals surface area contributed by atoms with Gasteiger partial charge in [0.2, 0.25) is 0 Å². The molecule has 3 aromatic rings. The Morgan fingerprint density at radius 2 is 2.23 bits per heavy atom. The van der Waals surface area contributed by atoms with Crippen LogP contribution >= 0.6 is 34.7 Å². The third-order valence-electron chi connectivity index (χ3n) is 4.35. The van der Waals surface area contributed by atoms with Crippen molar-refractivity contribution in [2.24, 2.45) is 0 Å². The number of halogens is 1. The number of thioether (sulfide) groups is 1. The van der Waals surface area contributed by atoms with E-state index in [0.717, 1.165) is 11.3 Å². The van der Waals surface area contributed by atoms with Crippen LogP contribution in [0.25, 0.3) is 10.9 Å². The molecule has 0 unspecified atom stereocenters. The topological polar surface area (TPSA) is 120 Å². The highest BCUT2D eigenvalue weighted by Crippen LogP contribution is 2.35. The number of aromatic nitrogens is 2. The zero-order valence-corrected chi connectivity index (χ0v) is 19.2. The van der Waals surface area contributed by atoms with Crippen molar-refractivity contribution in [2.75, 3.05) is 26.1 Å². The number of thiophene rings is 1. The molecule has 0 atom stereocenters. The molecule has 0 fully saturated rings. The van der Waals surface area contributed by atoms with E-state index in [2.05, 4.69) is 11.1 Å². The first-order chi connectivity index (χ1) is 14.9. The first-order valence-electron chi connectivity index (χ1n) is 9.21. The van der Waals surface area contributed by atoms with E-state index in [-0.39, 0.29) is 33.4 Å². The van der Waals surface area contributed by atoms with Crippen molar-refractivity contribution in [1.29, 1.82) is 5.26 Å². The molecule has 2 heterocycles. The van der Waals surface area contributed by atoms with Gasteiger partial charge in [0.25, 0.3) is 5.56 Å². The lowest BCUT2D eigenvalue weighted by Crippen LogP contribution is -2.25. The van der Waals surface area contributed by atoms with Crippen LogP contribution in [0.15, 0.2) is 28.2 Å². The first-order valence-corrected chi connectivity index (χ1v) is 11.4. The van der Waals surface area contributed by atoms with E-state index >= 15 is 0 Å². The van der Waals surface area contributed by atoms with Crippen LogP contribution in [0.2, 0.25) is 5.02 Å². The molecule has 162 valence electrons. The number of ether oxygens (including phenoxy) is 2. The zero-order chi connectivity index (χ0) is 22.5. The molecular weight excluding hydrogens is 460 g/mol. The molecule has 0 bridgehead atoms. The highest BCUT2D eigenvalue weighted by molar-refractivity contribution is 7.98. The van der Waals surface area contributed by atoms with Gasteiger partial charge in [-0.2, -0.15) is 5.26 Å². The largest absolute Gasteiger partial charge is 0.462 e. The molecule has 0 aliphatic rings. The predicted molar refractivity (Wildman–Crippen MR) is 122 cm³/mol. The van der Waals surface area contributed by atoms with Crippen molar-refractivity contribution in [1.82, 2.24) is 9.55 Å². The van der Waals surface area contributed by atoms with Crippen molar-refractivity contribution in [2.45, 2.75) is 24.4 Å². The van der Waals surface area contributed by atoms with Crippen molar-refractivity contribution >= 4 is 56.6 Å². The van der Waals surface area contributed by atoms with E-state index in [1.807, 2.05) is 0 Å². The van der Waals surface area contributed by atoms with Crippen molar-refractivity contribution < 1.29 is 14.3 Å². The second kappa shape index (κ2) is 10.2. The van der Waals surface area contributed by atoms with Gasteiger partial charge in [-0.15, -0.1) is 11.3 Å². The van der Waals surface area contributed by atoms with Gasteiger partial charge < -0.3 is 15.2 Å². The maximum absolute atomic E-state index is 13.0. The lowest BCUT2D eigenvalue weighted by Gasteiger charge is -2.13. The van der Waals surface area contributed by atoms with Gasteiger partial charge in [0.05, 0.1) is 36.2 Å². The van der Waals surface area contributed by atoms with Gasteiger partial charge >= 0.3 is 5.97 Å². The van der Waals surface area contributed by atoms with Crippen molar-refractivity contribution in [3.8, 4) is 6.07 Å². The summed E-state index contributed by atoms with van der Waals surface area (Å²) < 4.78 is 11.7. The van der Waals surface area contributed by atoms with Crippen LogP contribution in [0.5, 0.6) is 0 Å². The number of carbonyl (C=O) groups is 1. The number of nitrogens with zero attached hydrogens (tertiary/aromatic N) is 3. The number of hydrogen-bond donors (Lipinski definition) is 1. The number of esters is 1. The summed E-state index contributed by atoms with van der Waals surface area (Å²) in [5.41, 5.74) is 6.88. The molecule has 0 amide bonds. The number of methoxy groups -OCH3 is 1. The fraction of sp³-hybridized carbons (Fsp3) is 0.300. The molecule has 0 saturated heterocycles. The van der Waals surface area contributed by atoms with Crippen LogP contribution in [0.4, 0.5) is 5.00 Å². The minimum atomic E-state index is -0.536. The van der Waals surface area contributed by atoms with Crippen molar-refractivity contribution in [3.05, 3.63) is 49.6 Å². The molecule has 0 aliphatic heterocycles. The van der Waals surface area contributed by atoms with Crippen LogP contribution in [0.1, 0.15) is 27.7 Å². The van der Waals surface area contributed by atoms with E-state index in [0.29, 0.717) is 39.8 Å². The Morgan fingerprint density at radius 1 is 1.45 bits per heavy atom. The molecule has 8 nitrogen and oxygen atoms in total. The Labute approximate surface area is 191 Å². The first kappa shape index (κ1) is 23.1. The average Bonchev–Trinajstić information content (AvgIpc) is 3.07. The van der Waals surface area contributed by atoms with Crippen LogP contribution in [0, 0.1) is 11.3 Å². The van der Waals surface area contributed by atoms with Crippen LogP contribution in [0.3, 0.4) is 0 Å². The predicted octanol–water partition coefficient (Wildman–Crippen LogP) is 3.68. The molecule has 2 N–H and O–H groups in total. The third-order valence-corrected chi connectivity index (χ3v) is 6.63. The van der Waals surface area contributed by atoms with E-state index in [1.54, 1.807) is 32.2 Å². The molecule has 0 spiro atoms. The summed E-state index contributed by atoms with van der Waals surface area (Å²) in [4.78, 5) is 30.2. The molecule has 3 rings (SSSR count). The molecular formula is C20H19ClN4O4S2. The normalized spacial score (nSPS) is 10.9. The summed E-state index contributed by atoms with van der Waals surface area (Å²) in [5, 5.41) is 11.1. The third kappa shape index (κ3) is 4.85. The van der Waals surface area contributed by atoms with Gasteiger partial charge in [-0.3, -0.25) is 9.36 Å². The summed E-state index contributed by atoms with van der Waals surface area (Å²) in [7, 11) is 1.55. The van der Waals surface area contributed by atoms with Gasteiger partial charge in [-0.05, 0) is 25.1 Å². The molecule has 0 radical (unpaired) electrons. The minimum Gasteiger partial charge on any atom is -0.462 e. The van der Waals surface area contributed by atoms with E-state index in [1.165, 1.54) is 16.3 Å². The lowest BCUT2D eigenvalue weighted by molar-refractivity contribution is 0.0531. The number of nitriles is 1. The second-order valence-corrected chi connectivity index (χ2v) is 8.71. The van der Waals surface area contributed by atoms with Crippen LogP contribution in [-0.4, -0.2) is 35.8 Å². The Morgan fingerprint density at radius 3 is 2.90 bits per heavy atom. The maximum atomic E-state index is 13.0. The van der Waals surface area contributed by atoms with Crippen LogP contribution < -0.4 is 11.3 Å². The number of nitrogens with two attached hydrogens (primary N) is 1. The number of benzene rings is 1. The number of nitrogen functional groups attached to an aromatic ring is 1. The fourth-order valence-electron chi connectivity index (χ4n) is 2.91. The lowest BCUT2D eigenvalue weighted by atomic mass is 10.2. The monoisotopic (exact) mass is 478 g/mol.